The molecule has 0 saturated carbocycles. The van der Waals surface area contributed by atoms with Crippen LogP contribution < -0.4 is 10.6 Å². The molecule has 0 bridgehead atoms. The van der Waals surface area contributed by atoms with Crippen molar-refractivity contribution in [3.05, 3.63) is 60.7 Å². The fraction of sp³-hybridized carbons (Fsp3) is 0.250. The topological polar surface area (TPSA) is 100 Å². The lowest BCUT2D eigenvalue weighted by molar-refractivity contribution is -0.145. The summed E-state index contributed by atoms with van der Waals surface area (Å²) in [6, 6.07) is 9.55. The van der Waals surface area contributed by atoms with Crippen molar-refractivity contribution in [3.63, 3.8) is 0 Å². The number of likely N-dealkylation sites (tertiary alicyclic amines) is 1. The van der Waals surface area contributed by atoms with Gasteiger partial charge in [0.2, 0.25) is 5.95 Å². The van der Waals surface area contributed by atoms with E-state index in [9.17, 15) is 9.59 Å². The molecule has 28 heavy (non-hydrogen) atoms. The first-order chi connectivity index (χ1) is 13.7. The van der Waals surface area contributed by atoms with Gasteiger partial charge in [0.25, 0.3) is 0 Å². The second-order valence-corrected chi connectivity index (χ2v) is 6.69. The third-order valence-electron chi connectivity index (χ3n) is 4.73. The Balaban J connectivity index is 1.30. The third-order valence-corrected chi connectivity index (χ3v) is 4.73. The maximum atomic E-state index is 12.4. The predicted octanol–water partition coefficient (Wildman–Crippen LogP) is 1.35. The molecule has 2 amide bonds. The molecule has 4 rings (SSSR count). The molecule has 8 heteroatoms. The second kappa shape index (κ2) is 7.99. The van der Waals surface area contributed by atoms with Crippen LogP contribution in [-0.4, -0.2) is 50.8 Å². The van der Waals surface area contributed by atoms with Crippen LogP contribution in [0.15, 0.2) is 55.1 Å². The minimum atomic E-state index is -0.591. The van der Waals surface area contributed by atoms with Gasteiger partial charge in [-0.2, -0.15) is 0 Å². The molecule has 1 unspecified atom stereocenters. The summed E-state index contributed by atoms with van der Waals surface area (Å²) in [5.74, 6) is -0.576. The van der Waals surface area contributed by atoms with E-state index in [-0.39, 0.29) is 6.04 Å². The molecule has 3 aromatic rings. The SMILES string of the molecule is O=C(NCc1ccc2cnccc2c1)C(=O)N1CCC(Nc2ncccn2)C1. The van der Waals surface area contributed by atoms with E-state index in [0.717, 1.165) is 22.8 Å². The van der Waals surface area contributed by atoms with E-state index < -0.39 is 11.8 Å². The fourth-order valence-electron chi connectivity index (χ4n) is 3.26. The van der Waals surface area contributed by atoms with Crippen LogP contribution in [0.25, 0.3) is 10.8 Å². The Labute approximate surface area is 162 Å². The highest BCUT2D eigenvalue weighted by molar-refractivity contribution is 6.35. The number of benzene rings is 1. The van der Waals surface area contributed by atoms with Crippen molar-refractivity contribution in [2.75, 3.05) is 18.4 Å². The van der Waals surface area contributed by atoms with Crippen LogP contribution in [0, 0.1) is 0 Å². The molecule has 1 aromatic carbocycles. The molecule has 1 saturated heterocycles. The van der Waals surface area contributed by atoms with Crippen molar-refractivity contribution in [3.8, 4) is 0 Å². The minimum Gasteiger partial charge on any atom is -0.350 e. The van der Waals surface area contributed by atoms with Crippen molar-refractivity contribution in [2.24, 2.45) is 0 Å². The van der Waals surface area contributed by atoms with Gasteiger partial charge in [0.05, 0.1) is 0 Å². The molecule has 1 fully saturated rings. The van der Waals surface area contributed by atoms with E-state index in [0.29, 0.717) is 25.6 Å². The third kappa shape index (κ3) is 4.06. The molecular weight excluding hydrogens is 356 g/mol. The second-order valence-electron chi connectivity index (χ2n) is 6.69. The highest BCUT2D eigenvalue weighted by atomic mass is 16.2. The Morgan fingerprint density at radius 1 is 1.11 bits per heavy atom. The summed E-state index contributed by atoms with van der Waals surface area (Å²) in [6.45, 7) is 1.28. The molecule has 3 heterocycles. The maximum Gasteiger partial charge on any atom is 0.311 e. The quantitative estimate of drug-likeness (QED) is 0.667. The number of nitrogens with zero attached hydrogens (tertiary/aromatic N) is 4. The monoisotopic (exact) mass is 376 g/mol. The average Bonchev–Trinajstić information content (AvgIpc) is 3.20. The minimum absolute atomic E-state index is 0.0354. The lowest BCUT2D eigenvalue weighted by atomic mass is 10.1. The normalized spacial score (nSPS) is 16.1. The predicted molar refractivity (Wildman–Crippen MR) is 104 cm³/mol. The van der Waals surface area contributed by atoms with Crippen LogP contribution in [-0.2, 0) is 16.1 Å². The summed E-state index contributed by atoms with van der Waals surface area (Å²) in [5, 5.41) is 7.98. The van der Waals surface area contributed by atoms with Crippen LogP contribution in [0.2, 0.25) is 0 Å². The van der Waals surface area contributed by atoms with E-state index in [4.69, 9.17) is 0 Å². The number of pyridine rings is 1. The molecule has 1 atom stereocenters. The Morgan fingerprint density at radius 3 is 2.82 bits per heavy atom. The number of nitrogens with one attached hydrogen (secondary N) is 2. The van der Waals surface area contributed by atoms with Gasteiger partial charge in [-0.1, -0.05) is 12.1 Å². The van der Waals surface area contributed by atoms with E-state index in [1.165, 1.54) is 0 Å². The maximum absolute atomic E-state index is 12.4. The Hall–Kier alpha value is -3.55. The summed E-state index contributed by atoms with van der Waals surface area (Å²) in [6.07, 6.45) is 7.58. The van der Waals surface area contributed by atoms with Crippen molar-refractivity contribution < 1.29 is 9.59 Å². The summed E-state index contributed by atoms with van der Waals surface area (Å²) < 4.78 is 0. The van der Waals surface area contributed by atoms with Gasteiger partial charge in [-0.3, -0.25) is 14.6 Å². The largest absolute Gasteiger partial charge is 0.350 e. The number of rotatable bonds is 4. The van der Waals surface area contributed by atoms with Gasteiger partial charge in [-0.15, -0.1) is 0 Å². The van der Waals surface area contributed by atoms with E-state index in [1.807, 2.05) is 24.3 Å². The van der Waals surface area contributed by atoms with E-state index >= 15 is 0 Å². The molecule has 0 aliphatic carbocycles. The van der Waals surface area contributed by atoms with Gasteiger partial charge < -0.3 is 15.5 Å². The van der Waals surface area contributed by atoms with E-state index in [2.05, 4.69) is 25.6 Å². The first-order valence-corrected chi connectivity index (χ1v) is 9.12. The van der Waals surface area contributed by atoms with Gasteiger partial charge in [-0.05, 0) is 35.6 Å². The van der Waals surface area contributed by atoms with Gasteiger partial charge in [-0.25, -0.2) is 9.97 Å². The molecule has 1 aliphatic heterocycles. The number of carbonyl (C=O) groups is 2. The van der Waals surface area contributed by atoms with Crippen molar-refractivity contribution in [1.82, 2.24) is 25.2 Å². The number of fused-ring (bicyclic) bond motifs is 1. The smallest absolute Gasteiger partial charge is 0.311 e. The summed E-state index contributed by atoms with van der Waals surface area (Å²) in [4.78, 5) is 38.6. The molecule has 2 N–H and O–H groups in total. The highest BCUT2D eigenvalue weighted by Crippen LogP contribution is 2.15. The Bertz CT molecular complexity index is 994. The van der Waals surface area contributed by atoms with Crippen LogP contribution in [0.1, 0.15) is 12.0 Å². The van der Waals surface area contributed by atoms with Crippen molar-refractivity contribution in [1.29, 1.82) is 0 Å². The Morgan fingerprint density at radius 2 is 1.96 bits per heavy atom. The van der Waals surface area contributed by atoms with Crippen LogP contribution >= 0.6 is 0 Å². The molecule has 142 valence electrons. The van der Waals surface area contributed by atoms with Crippen LogP contribution in [0.5, 0.6) is 0 Å². The van der Waals surface area contributed by atoms with Crippen molar-refractivity contribution in [2.45, 2.75) is 19.0 Å². The fourth-order valence-corrected chi connectivity index (χ4v) is 3.26. The average molecular weight is 376 g/mol. The Kier molecular flexibility index (Phi) is 5.09. The van der Waals surface area contributed by atoms with Gasteiger partial charge >= 0.3 is 11.8 Å². The first kappa shape index (κ1) is 17.8. The van der Waals surface area contributed by atoms with Crippen molar-refractivity contribution >= 4 is 28.5 Å². The van der Waals surface area contributed by atoms with E-state index in [1.54, 1.807) is 35.8 Å². The lowest BCUT2D eigenvalue weighted by Gasteiger charge is -2.16. The summed E-state index contributed by atoms with van der Waals surface area (Å²) in [5.41, 5.74) is 0.932. The molecule has 8 nitrogen and oxygen atoms in total. The number of carbonyl (C=O) groups excluding carboxylic acids is 2. The van der Waals surface area contributed by atoms with Gasteiger partial charge in [0.1, 0.15) is 0 Å². The summed E-state index contributed by atoms with van der Waals surface area (Å²) >= 11 is 0. The molecule has 0 radical (unpaired) electrons. The number of amides is 2. The number of aromatic nitrogens is 3. The standard InChI is InChI=1S/C20H20N6O2/c27-18(24-11-14-2-3-16-12-21-8-4-15(16)10-14)19(28)26-9-5-17(13-26)25-20-22-6-1-7-23-20/h1-4,6-8,10,12,17H,5,9,11,13H2,(H,24,27)(H,22,23,25). The number of hydrogen-bond acceptors (Lipinski definition) is 6. The van der Waals surface area contributed by atoms with Crippen LogP contribution in [0.3, 0.4) is 0 Å². The molecular formula is C20H20N6O2. The van der Waals surface area contributed by atoms with Gasteiger partial charge in [0.15, 0.2) is 0 Å². The number of hydrogen-bond donors (Lipinski definition) is 2. The van der Waals surface area contributed by atoms with Gasteiger partial charge in [0, 0.05) is 55.8 Å². The zero-order chi connectivity index (χ0) is 19.3. The molecule has 1 aliphatic rings. The number of anilines is 1. The first-order valence-electron chi connectivity index (χ1n) is 9.12. The molecule has 2 aromatic heterocycles. The zero-order valence-electron chi connectivity index (χ0n) is 15.2. The van der Waals surface area contributed by atoms with Crippen LogP contribution in [0.4, 0.5) is 5.95 Å². The lowest BCUT2D eigenvalue weighted by Crippen LogP contribution is -2.42. The highest BCUT2D eigenvalue weighted by Gasteiger charge is 2.30. The zero-order valence-corrected chi connectivity index (χ0v) is 15.2. The summed E-state index contributed by atoms with van der Waals surface area (Å²) in [7, 11) is 0. The molecule has 0 spiro atoms.